The van der Waals surface area contributed by atoms with E-state index >= 15 is 0 Å². The zero-order valence-electron chi connectivity index (χ0n) is 12.3. The van der Waals surface area contributed by atoms with Crippen LogP contribution < -0.4 is 0 Å². The first-order valence-corrected chi connectivity index (χ1v) is 7.29. The molecule has 0 aromatic carbocycles. The summed E-state index contributed by atoms with van der Waals surface area (Å²) in [4.78, 5) is 12.6. The van der Waals surface area contributed by atoms with Gasteiger partial charge < -0.3 is 14.9 Å². The normalized spacial score (nSPS) is 17.4. The minimum Gasteiger partial charge on any atom is -0.481 e. The summed E-state index contributed by atoms with van der Waals surface area (Å²) in [6, 6.07) is 0. The van der Waals surface area contributed by atoms with Crippen LogP contribution in [0.3, 0.4) is 0 Å². The number of nitrogens with zero attached hydrogens (tertiary/aromatic N) is 1. The van der Waals surface area contributed by atoms with Crippen molar-refractivity contribution >= 4 is 5.97 Å². The van der Waals surface area contributed by atoms with Crippen LogP contribution in [0.5, 0.6) is 0 Å². The molecule has 0 radical (unpaired) electrons. The molecule has 0 aliphatic carbocycles. The molecule has 0 bridgehead atoms. The van der Waals surface area contributed by atoms with E-state index in [1.807, 2.05) is 6.92 Å². The number of carboxylic acid groups (broad SMARTS) is 1. The highest BCUT2D eigenvalue weighted by Crippen LogP contribution is 2.11. The van der Waals surface area contributed by atoms with Gasteiger partial charge in [0.25, 0.3) is 0 Å². The Morgan fingerprint density at radius 3 is 2.37 bits per heavy atom. The van der Waals surface area contributed by atoms with Gasteiger partial charge in [-0.05, 0) is 12.8 Å². The fraction of sp³-hybridized carbons (Fsp3) is 0.929. The summed E-state index contributed by atoms with van der Waals surface area (Å²) >= 11 is 0. The number of carboxylic acids is 1. The van der Waals surface area contributed by atoms with Crippen molar-refractivity contribution in [2.45, 2.75) is 39.5 Å². The maximum atomic E-state index is 10.4. The van der Waals surface area contributed by atoms with Crippen LogP contribution in [-0.2, 0) is 9.53 Å². The van der Waals surface area contributed by atoms with Crippen LogP contribution in [0, 0.1) is 5.92 Å². The summed E-state index contributed by atoms with van der Waals surface area (Å²) in [6.45, 7) is 8.65. The summed E-state index contributed by atoms with van der Waals surface area (Å²) in [5.41, 5.74) is 0. The second-order valence-electron chi connectivity index (χ2n) is 4.76. The van der Waals surface area contributed by atoms with E-state index in [9.17, 15) is 4.79 Å². The lowest BCUT2D eigenvalue weighted by Gasteiger charge is -2.25. The number of morpholine rings is 1. The quantitative estimate of drug-likeness (QED) is 0.738. The van der Waals surface area contributed by atoms with Gasteiger partial charge in [-0.25, -0.2) is 0 Å². The molecule has 1 fully saturated rings. The molecule has 1 saturated heterocycles. The van der Waals surface area contributed by atoms with Gasteiger partial charge >= 0.3 is 5.97 Å². The number of carbonyl (C=O) groups is 1. The van der Waals surface area contributed by atoms with Crippen molar-refractivity contribution in [2.75, 3.05) is 39.5 Å². The molecule has 1 aliphatic heterocycles. The maximum Gasteiger partial charge on any atom is 0.306 e. The predicted molar refractivity (Wildman–Crippen MR) is 75.3 cm³/mol. The van der Waals surface area contributed by atoms with Crippen LogP contribution in [-0.4, -0.2) is 60.5 Å². The van der Waals surface area contributed by atoms with Gasteiger partial charge in [-0.15, -0.1) is 0 Å². The van der Waals surface area contributed by atoms with E-state index in [2.05, 4.69) is 11.8 Å². The van der Waals surface area contributed by atoms with E-state index in [0.29, 0.717) is 0 Å². The first kappa shape index (κ1) is 18.4. The lowest BCUT2D eigenvalue weighted by atomic mass is 10.00. The van der Waals surface area contributed by atoms with Gasteiger partial charge in [-0.3, -0.25) is 9.69 Å². The summed E-state index contributed by atoms with van der Waals surface area (Å²) in [5, 5.41) is 17.1. The van der Waals surface area contributed by atoms with Gasteiger partial charge in [-0.2, -0.15) is 0 Å². The third kappa shape index (κ3) is 9.87. The molecule has 0 aromatic heterocycles. The van der Waals surface area contributed by atoms with E-state index in [1.165, 1.54) is 0 Å². The van der Waals surface area contributed by atoms with Crippen LogP contribution in [0.1, 0.15) is 39.5 Å². The zero-order valence-corrected chi connectivity index (χ0v) is 12.3. The van der Waals surface area contributed by atoms with E-state index in [1.54, 1.807) is 0 Å². The van der Waals surface area contributed by atoms with E-state index < -0.39 is 5.97 Å². The van der Waals surface area contributed by atoms with Crippen molar-refractivity contribution < 1.29 is 19.7 Å². The molecule has 1 atom stereocenters. The van der Waals surface area contributed by atoms with Crippen LogP contribution in [0.25, 0.3) is 0 Å². The lowest BCUT2D eigenvalue weighted by Crippen LogP contribution is -2.37. The topological polar surface area (TPSA) is 70.0 Å². The average molecular weight is 275 g/mol. The van der Waals surface area contributed by atoms with Gasteiger partial charge in [0, 0.05) is 19.6 Å². The summed E-state index contributed by atoms with van der Waals surface area (Å²) in [7, 11) is 0. The smallest absolute Gasteiger partial charge is 0.306 e. The number of aliphatic carboxylic acids is 1. The number of unbranched alkanes of at least 4 members (excludes halogenated alkanes) is 1. The minimum atomic E-state index is -0.643. The molecule has 19 heavy (non-hydrogen) atoms. The largest absolute Gasteiger partial charge is 0.481 e. The number of aliphatic hydroxyl groups excluding tert-OH is 1. The Morgan fingerprint density at radius 2 is 1.95 bits per heavy atom. The number of ether oxygens (including phenoxy) is 1. The number of rotatable bonds is 7. The van der Waals surface area contributed by atoms with Crippen molar-refractivity contribution in [2.24, 2.45) is 5.92 Å². The molecule has 0 amide bonds. The zero-order chi connectivity index (χ0) is 14.5. The highest BCUT2D eigenvalue weighted by atomic mass is 16.5. The van der Waals surface area contributed by atoms with Gasteiger partial charge in [0.15, 0.2) is 0 Å². The minimum absolute atomic E-state index is 0.111. The first-order valence-electron chi connectivity index (χ1n) is 7.29. The standard InChI is InChI=1S/C8H16O2.C6H13NO2/c1-3-5-6-7(4-2)8(9)10;8-4-1-7-2-5-9-6-3-7/h7H,3-6H2,1-2H3,(H,9,10);8H,1-6H2. The molecule has 5 nitrogen and oxygen atoms in total. The Hall–Kier alpha value is -0.650. The van der Waals surface area contributed by atoms with Crippen LogP contribution in [0.15, 0.2) is 0 Å². The fourth-order valence-electron chi connectivity index (χ4n) is 1.92. The number of hydrogen-bond acceptors (Lipinski definition) is 4. The second-order valence-corrected chi connectivity index (χ2v) is 4.76. The third-order valence-corrected chi connectivity index (χ3v) is 3.27. The third-order valence-electron chi connectivity index (χ3n) is 3.27. The Morgan fingerprint density at radius 1 is 1.32 bits per heavy atom. The highest BCUT2D eigenvalue weighted by Gasteiger charge is 2.12. The molecule has 1 rings (SSSR count). The van der Waals surface area contributed by atoms with Gasteiger partial charge in [0.05, 0.1) is 25.7 Å². The molecule has 0 aromatic rings. The SMILES string of the molecule is CCCCC(CC)C(=O)O.OCCN1CCOCC1. The Labute approximate surface area is 116 Å². The predicted octanol–water partition coefficient (Wildman–Crippen LogP) is 1.60. The van der Waals surface area contributed by atoms with Gasteiger partial charge in [0.1, 0.15) is 0 Å². The molecule has 114 valence electrons. The van der Waals surface area contributed by atoms with Crippen LogP contribution >= 0.6 is 0 Å². The van der Waals surface area contributed by atoms with Crippen LogP contribution in [0.4, 0.5) is 0 Å². The second kappa shape index (κ2) is 12.4. The Bertz CT molecular complexity index is 215. The Balaban J connectivity index is 0.000000342. The van der Waals surface area contributed by atoms with Crippen LogP contribution in [0.2, 0.25) is 0 Å². The molecular weight excluding hydrogens is 246 g/mol. The summed E-state index contributed by atoms with van der Waals surface area (Å²) < 4.78 is 5.12. The van der Waals surface area contributed by atoms with Crippen molar-refractivity contribution in [3.63, 3.8) is 0 Å². The maximum absolute atomic E-state index is 10.4. The molecule has 2 N–H and O–H groups in total. The summed E-state index contributed by atoms with van der Waals surface area (Å²) in [6.07, 6.45) is 3.71. The molecule has 1 aliphatic rings. The van der Waals surface area contributed by atoms with E-state index in [4.69, 9.17) is 14.9 Å². The molecule has 0 saturated carbocycles. The average Bonchev–Trinajstić information content (AvgIpc) is 2.41. The number of aliphatic hydroxyl groups is 1. The number of β-amino-alcohol motifs (C(OH)–C–C–N with tert-alkyl or cyclic N) is 1. The highest BCUT2D eigenvalue weighted by molar-refractivity contribution is 5.69. The lowest BCUT2D eigenvalue weighted by molar-refractivity contribution is -0.142. The van der Waals surface area contributed by atoms with Crippen molar-refractivity contribution in [3.8, 4) is 0 Å². The fourth-order valence-corrected chi connectivity index (χ4v) is 1.92. The molecule has 1 unspecified atom stereocenters. The van der Waals surface area contributed by atoms with E-state index in [0.717, 1.165) is 58.5 Å². The molecule has 1 heterocycles. The summed E-state index contributed by atoms with van der Waals surface area (Å²) in [5.74, 6) is -0.754. The van der Waals surface area contributed by atoms with Crippen molar-refractivity contribution in [1.82, 2.24) is 4.90 Å². The van der Waals surface area contributed by atoms with Crippen molar-refractivity contribution in [1.29, 1.82) is 0 Å². The monoisotopic (exact) mass is 275 g/mol. The molecular formula is C14H29NO4. The first-order chi connectivity index (χ1) is 9.15. The molecule has 0 spiro atoms. The van der Waals surface area contributed by atoms with E-state index in [-0.39, 0.29) is 12.5 Å². The van der Waals surface area contributed by atoms with Crippen molar-refractivity contribution in [3.05, 3.63) is 0 Å². The van der Waals surface area contributed by atoms with Gasteiger partial charge in [0.2, 0.25) is 0 Å². The molecule has 5 heteroatoms. The Kier molecular flexibility index (Phi) is 12.0. The number of hydrogen-bond donors (Lipinski definition) is 2. The van der Waals surface area contributed by atoms with Gasteiger partial charge in [-0.1, -0.05) is 26.7 Å².